The van der Waals surface area contributed by atoms with Crippen LogP contribution in [0.4, 0.5) is 4.79 Å². The summed E-state index contributed by atoms with van der Waals surface area (Å²) in [4.78, 5) is 24.1. The molecule has 1 aliphatic rings. The molecule has 0 unspecified atom stereocenters. The Bertz CT molecular complexity index is 268. The fourth-order valence-corrected chi connectivity index (χ4v) is 1.79. The summed E-state index contributed by atoms with van der Waals surface area (Å²) in [5.41, 5.74) is 5.23. The van der Waals surface area contributed by atoms with Crippen molar-refractivity contribution < 1.29 is 14.3 Å². The summed E-state index contributed by atoms with van der Waals surface area (Å²) in [5, 5.41) is 0. The Labute approximate surface area is 95.9 Å². The van der Waals surface area contributed by atoms with Gasteiger partial charge >= 0.3 is 12.0 Å². The fourth-order valence-electron chi connectivity index (χ4n) is 1.79. The minimum Gasteiger partial charge on any atom is -0.463 e. The maximum absolute atomic E-state index is 11.5. The Hall–Kier alpha value is -1.26. The summed E-state index contributed by atoms with van der Waals surface area (Å²) in [6.45, 7) is 4.72. The van der Waals surface area contributed by atoms with Crippen LogP contribution in [0.1, 0.15) is 33.1 Å². The number of urea groups is 1. The van der Waals surface area contributed by atoms with Gasteiger partial charge in [-0.2, -0.15) is 0 Å². The van der Waals surface area contributed by atoms with Crippen molar-refractivity contribution in [2.24, 2.45) is 11.7 Å². The molecular weight excluding hydrogens is 208 g/mol. The largest absolute Gasteiger partial charge is 0.463 e. The summed E-state index contributed by atoms with van der Waals surface area (Å²) in [6.07, 6.45) is 2.55. The number of primary amides is 1. The first-order valence-corrected chi connectivity index (χ1v) is 5.79. The number of rotatable bonds is 4. The van der Waals surface area contributed by atoms with Gasteiger partial charge in [-0.15, -0.1) is 0 Å². The molecule has 0 aromatic carbocycles. The standard InChI is InChI=1S/C11H20N2O3/c1-3-8(2)10(14)16-7-9-5-4-6-13(9)11(12)15/h8-9H,3-7H2,1-2H3,(H2,12,15)/t8-,9+/m0/s1. The second-order valence-corrected chi connectivity index (χ2v) is 4.27. The van der Waals surface area contributed by atoms with Gasteiger partial charge < -0.3 is 15.4 Å². The van der Waals surface area contributed by atoms with Gasteiger partial charge in [-0.1, -0.05) is 13.8 Å². The number of hydrogen-bond acceptors (Lipinski definition) is 3. The van der Waals surface area contributed by atoms with E-state index in [4.69, 9.17) is 10.5 Å². The number of likely N-dealkylation sites (tertiary alicyclic amines) is 1. The molecule has 2 amide bonds. The van der Waals surface area contributed by atoms with E-state index in [1.807, 2.05) is 13.8 Å². The third-order valence-electron chi connectivity index (χ3n) is 3.09. The first-order chi connectivity index (χ1) is 7.56. The van der Waals surface area contributed by atoms with Crippen LogP contribution in [0.5, 0.6) is 0 Å². The Morgan fingerprint density at radius 1 is 1.56 bits per heavy atom. The lowest BCUT2D eigenvalue weighted by Gasteiger charge is -2.22. The Morgan fingerprint density at radius 3 is 2.81 bits per heavy atom. The molecule has 0 saturated carbocycles. The molecule has 0 bridgehead atoms. The SMILES string of the molecule is CC[C@H](C)C(=O)OC[C@H]1CCCN1C(N)=O. The van der Waals surface area contributed by atoms with E-state index < -0.39 is 6.03 Å². The van der Waals surface area contributed by atoms with Crippen LogP contribution in [0, 0.1) is 5.92 Å². The molecule has 0 spiro atoms. The number of esters is 1. The number of ether oxygens (including phenoxy) is 1. The molecule has 1 rings (SSSR count). The average molecular weight is 228 g/mol. The number of nitrogens with zero attached hydrogens (tertiary/aromatic N) is 1. The lowest BCUT2D eigenvalue weighted by Crippen LogP contribution is -2.42. The highest BCUT2D eigenvalue weighted by atomic mass is 16.5. The zero-order chi connectivity index (χ0) is 12.1. The Kier molecular flexibility index (Phi) is 4.58. The fraction of sp³-hybridized carbons (Fsp3) is 0.818. The van der Waals surface area contributed by atoms with E-state index >= 15 is 0 Å². The van der Waals surface area contributed by atoms with Crippen LogP contribution in [0.25, 0.3) is 0 Å². The molecule has 1 heterocycles. The van der Waals surface area contributed by atoms with Crippen molar-refractivity contribution in [2.45, 2.75) is 39.2 Å². The van der Waals surface area contributed by atoms with E-state index in [0.717, 1.165) is 19.3 Å². The normalized spacial score (nSPS) is 21.9. The molecule has 5 nitrogen and oxygen atoms in total. The van der Waals surface area contributed by atoms with Crippen molar-refractivity contribution in [3.63, 3.8) is 0 Å². The average Bonchev–Trinajstić information content (AvgIpc) is 2.72. The van der Waals surface area contributed by atoms with Gasteiger partial charge in [0.25, 0.3) is 0 Å². The van der Waals surface area contributed by atoms with Crippen molar-refractivity contribution in [3.05, 3.63) is 0 Å². The van der Waals surface area contributed by atoms with Crippen LogP contribution in [0.15, 0.2) is 0 Å². The van der Waals surface area contributed by atoms with Crippen LogP contribution in [-0.4, -0.2) is 36.1 Å². The molecule has 0 radical (unpaired) electrons. The van der Waals surface area contributed by atoms with Crippen molar-refractivity contribution in [2.75, 3.05) is 13.2 Å². The minimum absolute atomic E-state index is 0.0366. The van der Waals surface area contributed by atoms with Crippen LogP contribution in [-0.2, 0) is 9.53 Å². The minimum atomic E-state index is -0.429. The topological polar surface area (TPSA) is 72.6 Å². The highest BCUT2D eigenvalue weighted by Gasteiger charge is 2.28. The number of nitrogens with two attached hydrogens (primary N) is 1. The second kappa shape index (κ2) is 5.72. The van der Waals surface area contributed by atoms with E-state index in [-0.39, 0.29) is 24.5 Å². The van der Waals surface area contributed by atoms with Crippen LogP contribution >= 0.6 is 0 Å². The van der Waals surface area contributed by atoms with E-state index in [1.165, 1.54) is 0 Å². The van der Waals surface area contributed by atoms with Gasteiger partial charge in [0.15, 0.2) is 0 Å². The van der Waals surface area contributed by atoms with Gasteiger partial charge in [0.1, 0.15) is 6.61 Å². The summed E-state index contributed by atoms with van der Waals surface area (Å²) in [6, 6.07) is -0.465. The third-order valence-corrected chi connectivity index (χ3v) is 3.09. The Morgan fingerprint density at radius 2 is 2.25 bits per heavy atom. The zero-order valence-corrected chi connectivity index (χ0v) is 9.94. The van der Waals surface area contributed by atoms with Gasteiger partial charge in [-0.25, -0.2) is 4.79 Å². The molecular formula is C11H20N2O3. The molecule has 0 aromatic rings. The molecule has 92 valence electrons. The van der Waals surface area contributed by atoms with Gasteiger partial charge in [0.2, 0.25) is 0 Å². The van der Waals surface area contributed by atoms with Crippen LogP contribution in [0.3, 0.4) is 0 Å². The highest BCUT2D eigenvalue weighted by Crippen LogP contribution is 2.17. The van der Waals surface area contributed by atoms with Crippen LogP contribution < -0.4 is 5.73 Å². The molecule has 1 aliphatic heterocycles. The predicted molar refractivity (Wildman–Crippen MR) is 59.7 cm³/mol. The van der Waals surface area contributed by atoms with Gasteiger partial charge in [0, 0.05) is 6.54 Å². The lowest BCUT2D eigenvalue weighted by molar-refractivity contribution is -0.149. The maximum Gasteiger partial charge on any atom is 0.315 e. The summed E-state index contributed by atoms with van der Waals surface area (Å²) < 4.78 is 5.17. The Balaban J connectivity index is 2.37. The second-order valence-electron chi connectivity index (χ2n) is 4.27. The molecule has 2 N–H and O–H groups in total. The van der Waals surface area contributed by atoms with Crippen molar-refractivity contribution in [1.82, 2.24) is 4.90 Å². The zero-order valence-electron chi connectivity index (χ0n) is 9.94. The predicted octanol–water partition coefficient (Wildman–Crippen LogP) is 1.12. The van der Waals surface area contributed by atoms with E-state index in [2.05, 4.69) is 0 Å². The molecule has 2 atom stereocenters. The molecule has 5 heteroatoms. The summed E-state index contributed by atoms with van der Waals surface area (Å²) in [5.74, 6) is -0.276. The van der Waals surface area contributed by atoms with Crippen LogP contribution in [0.2, 0.25) is 0 Å². The monoisotopic (exact) mass is 228 g/mol. The van der Waals surface area contributed by atoms with Gasteiger partial charge in [-0.3, -0.25) is 4.79 Å². The van der Waals surface area contributed by atoms with E-state index in [9.17, 15) is 9.59 Å². The quantitative estimate of drug-likeness (QED) is 0.733. The van der Waals surface area contributed by atoms with Gasteiger partial charge in [0.05, 0.1) is 12.0 Å². The lowest BCUT2D eigenvalue weighted by atomic mass is 10.1. The van der Waals surface area contributed by atoms with E-state index in [0.29, 0.717) is 6.54 Å². The van der Waals surface area contributed by atoms with Crippen molar-refractivity contribution in [1.29, 1.82) is 0 Å². The summed E-state index contributed by atoms with van der Waals surface area (Å²) in [7, 11) is 0. The molecule has 1 fully saturated rings. The van der Waals surface area contributed by atoms with Gasteiger partial charge in [-0.05, 0) is 19.3 Å². The smallest absolute Gasteiger partial charge is 0.315 e. The molecule has 0 aromatic heterocycles. The molecule has 16 heavy (non-hydrogen) atoms. The maximum atomic E-state index is 11.5. The number of carbonyl (C=O) groups excluding carboxylic acids is 2. The number of carbonyl (C=O) groups is 2. The highest BCUT2D eigenvalue weighted by molar-refractivity contribution is 5.73. The van der Waals surface area contributed by atoms with E-state index in [1.54, 1.807) is 4.90 Å². The van der Waals surface area contributed by atoms with Crippen molar-refractivity contribution >= 4 is 12.0 Å². The van der Waals surface area contributed by atoms with Crippen molar-refractivity contribution in [3.8, 4) is 0 Å². The summed E-state index contributed by atoms with van der Waals surface area (Å²) >= 11 is 0. The first-order valence-electron chi connectivity index (χ1n) is 5.79. The first kappa shape index (κ1) is 12.8. The number of amides is 2. The third kappa shape index (κ3) is 3.12. The number of hydrogen-bond donors (Lipinski definition) is 1. The molecule has 0 aliphatic carbocycles. The molecule has 1 saturated heterocycles.